The lowest BCUT2D eigenvalue weighted by Crippen LogP contribution is -2.30. The van der Waals surface area contributed by atoms with Crippen molar-refractivity contribution in [2.24, 2.45) is 0 Å². The molecule has 0 aromatic heterocycles. The van der Waals surface area contributed by atoms with E-state index in [1.807, 2.05) is 0 Å². The molecule has 1 unspecified atom stereocenters. The van der Waals surface area contributed by atoms with Gasteiger partial charge in [0.1, 0.15) is 13.2 Å². The van der Waals surface area contributed by atoms with Crippen molar-refractivity contribution in [2.45, 2.75) is 226 Å². The second-order valence-electron chi connectivity index (χ2n) is 14.9. The molecule has 0 aromatic rings. The van der Waals surface area contributed by atoms with E-state index in [9.17, 15) is 14.4 Å². The Bertz CT molecular complexity index is 964. The standard InChI is InChI=1S/C48H84O6/c1-4-7-10-13-16-19-22-23-24-25-26-27-30-32-35-38-41-47(50)53-44-45(54-48(51)42-39-36-33-29-21-18-15-12-9-6-3)43-52-46(49)40-37-34-31-28-20-17-14-11-8-5-2/h11-12,14-15,19,22,24-25,45H,4-10,13,16-18,20-21,23,26-44H2,1-3H3/b14-11-,15-12-,22-19-,25-24-. The fourth-order valence-corrected chi connectivity index (χ4v) is 6.06. The smallest absolute Gasteiger partial charge is 0.306 e. The molecule has 6 nitrogen and oxygen atoms in total. The van der Waals surface area contributed by atoms with Gasteiger partial charge in [0.15, 0.2) is 6.10 Å². The number of rotatable bonds is 40. The molecule has 0 fully saturated rings. The summed E-state index contributed by atoms with van der Waals surface area (Å²) >= 11 is 0. The Labute approximate surface area is 333 Å². The number of esters is 3. The molecule has 0 radical (unpaired) electrons. The Morgan fingerprint density at radius 3 is 1.11 bits per heavy atom. The first kappa shape index (κ1) is 51.4. The Morgan fingerprint density at radius 1 is 0.370 bits per heavy atom. The number of carbonyl (C=O) groups is 3. The van der Waals surface area contributed by atoms with Crippen LogP contribution in [0.15, 0.2) is 48.6 Å². The molecule has 0 amide bonds. The summed E-state index contributed by atoms with van der Waals surface area (Å²) in [5.41, 5.74) is 0. The Hall–Kier alpha value is -2.63. The maximum Gasteiger partial charge on any atom is 0.306 e. The summed E-state index contributed by atoms with van der Waals surface area (Å²) in [6.07, 6.45) is 49.5. The lowest BCUT2D eigenvalue weighted by Gasteiger charge is -2.18. The minimum atomic E-state index is -0.782. The van der Waals surface area contributed by atoms with Crippen LogP contribution >= 0.6 is 0 Å². The molecule has 0 aromatic carbocycles. The van der Waals surface area contributed by atoms with Crippen LogP contribution in [0.5, 0.6) is 0 Å². The summed E-state index contributed by atoms with van der Waals surface area (Å²) in [5, 5.41) is 0. The topological polar surface area (TPSA) is 78.9 Å². The van der Waals surface area contributed by atoms with Crippen LogP contribution in [0.2, 0.25) is 0 Å². The quantitative estimate of drug-likeness (QED) is 0.0268. The molecule has 312 valence electrons. The number of ether oxygens (including phenoxy) is 3. The first-order chi connectivity index (χ1) is 26.5. The van der Waals surface area contributed by atoms with Crippen molar-refractivity contribution in [3.8, 4) is 0 Å². The van der Waals surface area contributed by atoms with Gasteiger partial charge in [-0.15, -0.1) is 0 Å². The molecule has 0 N–H and O–H groups in total. The molecule has 54 heavy (non-hydrogen) atoms. The Kier molecular flexibility index (Phi) is 41.0. The summed E-state index contributed by atoms with van der Waals surface area (Å²) in [7, 11) is 0. The third kappa shape index (κ3) is 40.6. The lowest BCUT2D eigenvalue weighted by atomic mass is 10.1. The second kappa shape index (κ2) is 43.1. The summed E-state index contributed by atoms with van der Waals surface area (Å²) in [4.78, 5) is 37.6. The van der Waals surface area contributed by atoms with Crippen molar-refractivity contribution < 1.29 is 28.6 Å². The first-order valence-corrected chi connectivity index (χ1v) is 22.6. The van der Waals surface area contributed by atoms with Gasteiger partial charge >= 0.3 is 17.9 Å². The molecule has 1 atom stereocenters. The predicted octanol–water partition coefficient (Wildman–Crippen LogP) is 14.4. The van der Waals surface area contributed by atoms with Crippen molar-refractivity contribution in [1.82, 2.24) is 0 Å². The van der Waals surface area contributed by atoms with Crippen LogP contribution < -0.4 is 0 Å². The van der Waals surface area contributed by atoms with Crippen LogP contribution in [-0.4, -0.2) is 37.2 Å². The van der Waals surface area contributed by atoms with Gasteiger partial charge in [-0.1, -0.05) is 159 Å². The maximum absolute atomic E-state index is 12.7. The fourth-order valence-electron chi connectivity index (χ4n) is 6.06. The number of hydrogen-bond donors (Lipinski definition) is 0. The lowest BCUT2D eigenvalue weighted by molar-refractivity contribution is -0.167. The molecule has 0 saturated heterocycles. The normalized spacial score (nSPS) is 12.4. The minimum absolute atomic E-state index is 0.0860. The minimum Gasteiger partial charge on any atom is -0.462 e. The molecule has 0 aliphatic rings. The van der Waals surface area contributed by atoms with Crippen molar-refractivity contribution in [3.05, 3.63) is 48.6 Å². The molecular formula is C48H84O6. The molecule has 0 heterocycles. The van der Waals surface area contributed by atoms with Crippen LogP contribution in [0.25, 0.3) is 0 Å². The highest BCUT2D eigenvalue weighted by Crippen LogP contribution is 2.13. The van der Waals surface area contributed by atoms with Crippen LogP contribution in [-0.2, 0) is 28.6 Å². The third-order valence-electron chi connectivity index (χ3n) is 9.49. The monoisotopic (exact) mass is 757 g/mol. The van der Waals surface area contributed by atoms with E-state index in [4.69, 9.17) is 14.2 Å². The average molecular weight is 757 g/mol. The summed E-state index contributed by atoms with van der Waals surface area (Å²) in [6, 6.07) is 0. The van der Waals surface area contributed by atoms with E-state index in [1.165, 1.54) is 70.6 Å². The molecule has 0 aliphatic heterocycles. The van der Waals surface area contributed by atoms with Gasteiger partial charge in [0, 0.05) is 19.3 Å². The highest BCUT2D eigenvalue weighted by molar-refractivity contribution is 5.71. The Balaban J connectivity index is 4.37. The molecule has 6 heteroatoms. The van der Waals surface area contributed by atoms with Crippen molar-refractivity contribution in [3.63, 3.8) is 0 Å². The van der Waals surface area contributed by atoms with E-state index < -0.39 is 6.10 Å². The van der Waals surface area contributed by atoms with Gasteiger partial charge in [0.25, 0.3) is 0 Å². The van der Waals surface area contributed by atoms with E-state index in [1.54, 1.807) is 0 Å². The zero-order valence-corrected chi connectivity index (χ0v) is 35.5. The molecule has 0 bridgehead atoms. The molecule has 0 rings (SSSR count). The zero-order chi connectivity index (χ0) is 39.4. The SMILES string of the molecule is CCC/C=C\CCCCCCCC(=O)OCC(COC(=O)CCCCCCC/C=C\C/C=C\CCCCCC)OC(=O)CCCCCCC/C=C\CCC. The summed E-state index contributed by atoms with van der Waals surface area (Å²) in [5.74, 6) is -0.924. The highest BCUT2D eigenvalue weighted by Gasteiger charge is 2.19. The van der Waals surface area contributed by atoms with Gasteiger partial charge in [0.05, 0.1) is 0 Å². The number of hydrogen-bond acceptors (Lipinski definition) is 6. The van der Waals surface area contributed by atoms with Crippen LogP contribution in [0.1, 0.15) is 220 Å². The van der Waals surface area contributed by atoms with Crippen LogP contribution in [0.4, 0.5) is 0 Å². The Morgan fingerprint density at radius 2 is 0.704 bits per heavy atom. The average Bonchev–Trinajstić information content (AvgIpc) is 3.17. The van der Waals surface area contributed by atoms with Crippen molar-refractivity contribution >= 4 is 17.9 Å². The van der Waals surface area contributed by atoms with E-state index in [-0.39, 0.29) is 31.1 Å². The third-order valence-corrected chi connectivity index (χ3v) is 9.49. The van der Waals surface area contributed by atoms with E-state index in [2.05, 4.69) is 69.4 Å². The van der Waals surface area contributed by atoms with Crippen molar-refractivity contribution in [1.29, 1.82) is 0 Å². The van der Waals surface area contributed by atoms with E-state index >= 15 is 0 Å². The first-order valence-electron chi connectivity index (χ1n) is 22.6. The van der Waals surface area contributed by atoms with Crippen LogP contribution in [0, 0.1) is 0 Å². The van der Waals surface area contributed by atoms with E-state index in [0.717, 1.165) is 109 Å². The van der Waals surface area contributed by atoms with Gasteiger partial charge in [-0.25, -0.2) is 0 Å². The molecule has 0 aliphatic carbocycles. The summed E-state index contributed by atoms with van der Waals surface area (Å²) in [6.45, 7) is 6.45. The summed E-state index contributed by atoms with van der Waals surface area (Å²) < 4.78 is 16.6. The van der Waals surface area contributed by atoms with Gasteiger partial charge < -0.3 is 14.2 Å². The number of allylic oxidation sites excluding steroid dienone is 8. The highest BCUT2D eigenvalue weighted by atomic mass is 16.6. The predicted molar refractivity (Wildman–Crippen MR) is 229 cm³/mol. The maximum atomic E-state index is 12.7. The van der Waals surface area contributed by atoms with Gasteiger partial charge in [0.2, 0.25) is 0 Å². The number of unbranched alkanes of at least 4 members (excludes halogenated alkanes) is 21. The fraction of sp³-hybridized carbons (Fsp3) is 0.771. The van der Waals surface area contributed by atoms with Crippen LogP contribution in [0.3, 0.4) is 0 Å². The molecule has 0 spiro atoms. The second-order valence-corrected chi connectivity index (χ2v) is 14.9. The van der Waals surface area contributed by atoms with Gasteiger partial charge in [-0.3, -0.25) is 14.4 Å². The van der Waals surface area contributed by atoms with Crippen molar-refractivity contribution in [2.75, 3.05) is 13.2 Å². The van der Waals surface area contributed by atoms with Gasteiger partial charge in [-0.05, 0) is 89.9 Å². The van der Waals surface area contributed by atoms with E-state index in [0.29, 0.717) is 19.3 Å². The molecule has 0 saturated carbocycles. The van der Waals surface area contributed by atoms with Gasteiger partial charge in [-0.2, -0.15) is 0 Å². The largest absolute Gasteiger partial charge is 0.462 e. The zero-order valence-electron chi connectivity index (χ0n) is 35.5. The molecular weight excluding hydrogens is 673 g/mol. The number of carbonyl (C=O) groups excluding carboxylic acids is 3.